The van der Waals surface area contributed by atoms with Crippen molar-refractivity contribution < 1.29 is 9.59 Å². The summed E-state index contributed by atoms with van der Waals surface area (Å²) >= 11 is 5.86. The summed E-state index contributed by atoms with van der Waals surface area (Å²) in [5, 5.41) is 6.81. The van der Waals surface area contributed by atoms with E-state index in [1.807, 2.05) is 6.92 Å². The maximum atomic E-state index is 12.7. The lowest BCUT2D eigenvalue weighted by molar-refractivity contribution is -0.135. The topological polar surface area (TPSA) is 61.4 Å². The Balaban J connectivity index is 0.00000364. The molecule has 1 aromatic rings. The van der Waals surface area contributed by atoms with Gasteiger partial charge in [0.15, 0.2) is 0 Å². The quantitative estimate of drug-likeness (QED) is 0.674. The van der Waals surface area contributed by atoms with Crippen molar-refractivity contribution in [1.82, 2.24) is 10.2 Å². The van der Waals surface area contributed by atoms with Crippen LogP contribution >= 0.6 is 24.0 Å². The van der Waals surface area contributed by atoms with E-state index >= 15 is 0 Å². The molecule has 7 heteroatoms. The molecule has 2 amide bonds. The van der Waals surface area contributed by atoms with Crippen molar-refractivity contribution in [1.29, 1.82) is 0 Å². The molecule has 0 radical (unpaired) electrons. The van der Waals surface area contributed by atoms with E-state index in [9.17, 15) is 9.59 Å². The third kappa shape index (κ3) is 8.08. The summed E-state index contributed by atoms with van der Waals surface area (Å²) in [5.74, 6) is 0.836. The Kier molecular flexibility index (Phi) is 10.7. The number of carbonyl (C=O) groups excluding carboxylic acids is 2. The van der Waals surface area contributed by atoms with Gasteiger partial charge in [-0.25, -0.2) is 0 Å². The number of benzene rings is 1. The van der Waals surface area contributed by atoms with Gasteiger partial charge >= 0.3 is 0 Å². The predicted molar refractivity (Wildman–Crippen MR) is 114 cm³/mol. The summed E-state index contributed by atoms with van der Waals surface area (Å²) in [4.78, 5) is 26.7. The van der Waals surface area contributed by atoms with Crippen molar-refractivity contribution in [2.45, 2.75) is 39.5 Å². The molecule has 0 aromatic heterocycles. The van der Waals surface area contributed by atoms with E-state index in [2.05, 4.69) is 17.6 Å². The van der Waals surface area contributed by atoms with Crippen LogP contribution in [0.1, 0.15) is 39.5 Å². The highest BCUT2D eigenvalue weighted by molar-refractivity contribution is 6.30. The van der Waals surface area contributed by atoms with Gasteiger partial charge in [-0.2, -0.15) is 0 Å². The van der Waals surface area contributed by atoms with Crippen LogP contribution in [0.3, 0.4) is 0 Å². The minimum atomic E-state index is -0.177. The molecule has 1 aliphatic rings. The first kappa shape index (κ1) is 23.7. The number of rotatable bonds is 8. The van der Waals surface area contributed by atoms with E-state index in [4.69, 9.17) is 11.6 Å². The normalized spacial score (nSPS) is 15.5. The van der Waals surface area contributed by atoms with Crippen LogP contribution in [0.4, 0.5) is 5.69 Å². The maximum Gasteiger partial charge on any atom is 0.243 e. The lowest BCUT2D eigenvalue weighted by atomic mass is 9.84. The molecular formula is C20H31Cl2N3O2. The van der Waals surface area contributed by atoms with Gasteiger partial charge in [0.25, 0.3) is 0 Å². The maximum absolute atomic E-state index is 12.7. The molecular weight excluding hydrogens is 385 g/mol. The van der Waals surface area contributed by atoms with Gasteiger partial charge in [-0.15, -0.1) is 12.4 Å². The number of piperidine rings is 1. The van der Waals surface area contributed by atoms with Crippen LogP contribution in [0.25, 0.3) is 0 Å². The van der Waals surface area contributed by atoms with E-state index in [1.165, 1.54) is 0 Å². The van der Waals surface area contributed by atoms with E-state index in [0.717, 1.165) is 32.4 Å². The number of hydrogen-bond donors (Lipinski definition) is 2. The number of carbonyl (C=O) groups is 2. The van der Waals surface area contributed by atoms with Crippen LogP contribution in [0.15, 0.2) is 24.3 Å². The molecule has 0 bridgehead atoms. The second kappa shape index (κ2) is 12.2. The number of hydrogen-bond acceptors (Lipinski definition) is 3. The fourth-order valence-electron chi connectivity index (χ4n) is 3.45. The number of nitrogens with one attached hydrogen (secondary N) is 2. The molecule has 27 heavy (non-hydrogen) atoms. The van der Waals surface area contributed by atoms with E-state index in [-0.39, 0.29) is 30.8 Å². The number of anilines is 1. The van der Waals surface area contributed by atoms with Gasteiger partial charge in [-0.05, 0) is 68.5 Å². The van der Waals surface area contributed by atoms with Crippen LogP contribution in [0, 0.1) is 11.8 Å². The first-order valence-corrected chi connectivity index (χ1v) is 9.91. The Labute approximate surface area is 173 Å². The lowest BCUT2D eigenvalue weighted by Crippen LogP contribution is -2.40. The zero-order valence-electron chi connectivity index (χ0n) is 16.2. The Morgan fingerprint density at radius 1 is 1.26 bits per heavy atom. The highest BCUT2D eigenvalue weighted by Crippen LogP contribution is 2.25. The Bertz CT molecular complexity index is 589. The molecule has 1 atom stereocenters. The van der Waals surface area contributed by atoms with Crippen LogP contribution in [0.5, 0.6) is 0 Å². The summed E-state index contributed by atoms with van der Waals surface area (Å²) in [5.41, 5.74) is 0.686. The average Bonchev–Trinajstić information content (AvgIpc) is 2.64. The van der Waals surface area contributed by atoms with Crippen molar-refractivity contribution in [2.24, 2.45) is 11.8 Å². The third-order valence-corrected chi connectivity index (χ3v) is 5.25. The first-order chi connectivity index (χ1) is 12.5. The van der Waals surface area contributed by atoms with Crippen molar-refractivity contribution in [3.63, 3.8) is 0 Å². The van der Waals surface area contributed by atoms with Crippen LogP contribution in [-0.2, 0) is 9.59 Å². The molecule has 1 heterocycles. The largest absolute Gasteiger partial charge is 0.333 e. The molecule has 0 aliphatic carbocycles. The monoisotopic (exact) mass is 415 g/mol. The predicted octanol–water partition coefficient (Wildman–Crippen LogP) is 3.96. The zero-order chi connectivity index (χ0) is 18.9. The SMILES string of the molecule is CCCN(CC(=O)Nc1ccc(Cl)cc1)C(=O)CC(C)C1CCNCC1.Cl. The Morgan fingerprint density at radius 2 is 1.89 bits per heavy atom. The lowest BCUT2D eigenvalue weighted by Gasteiger charge is -2.30. The van der Waals surface area contributed by atoms with Gasteiger partial charge < -0.3 is 15.5 Å². The molecule has 1 aromatic carbocycles. The first-order valence-electron chi connectivity index (χ1n) is 9.53. The zero-order valence-corrected chi connectivity index (χ0v) is 17.7. The molecule has 0 spiro atoms. The van der Waals surface area contributed by atoms with Crippen molar-refractivity contribution in [3.8, 4) is 0 Å². The molecule has 2 rings (SSSR count). The second-order valence-corrected chi connectivity index (χ2v) is 7.58. The number of nitrogens with zero attached hydrogens (tertiary/aromatic N) is 1. The summed E-state index contributed by atoms with van der Waals surface area (Å²) in [6, 6.07) is 6.97. The average molecular weight is 416 g/mol. The van der Waals surface area contributed by atoms with Crippen molar-refractivity contribution >= 4 is 41.5 Å². The minimum absolute atomic E-state index is 0. The van der Waals surface area contributed by atoms with Crippen molar-refractivity contribution in [3.05, 3.63) is 29.3 Å². The number of halogens is 2. The van der Waals surface area contributed by atoms with E-state index in [1.54, 1.807) is 29.2 Å². The number of amides is 2. The molecule has 5 nitrogen and oxygen atoms in total. The molecule has 1 unspecified atom stereocenters. The van der Waals surface area contributed by atoms with Gasteiger partial charge in [0.2, 0.25) is 11.8 Å². The van der Waals surface area contributed by atoms with Crippen molar-refractivity contribution in [2.75, 3.05) is 31.5 Å². The Morgan fingerprint density at radius 3 is 2.48 bits per heavy atom. The third-order valence-electron chi connectivity index (χ3n) is 4.99. The molecule has 1 aliphatic heterocycles. The van der Waals surface area contributed by atoms with Crippen LogP contribution < -0.4 is 10.6 Å². The van der Waals surface area contributed by atoms with E-state index < -0.39 is 0 Å². The van der Waals surface area contributed by atoms with Crippen LogP contribution in [0.2, 0.25) is 5.02 Å². The Hall–Kier alpha value is -1.30. The smallest absolute Gasteiger partial charge is 0.243 e. The van der Waals surface area contributed by atoms with Crippen LogP contribution in [-0.4, -0.2) is 42.9 Å². The fraction of sp³-hybridized carbons (Fsp3) is 0.600. The summed E-state index contributed by atoms with van der Waals surface area (Å²) < 4.78 is 0. The molecule has 2 N–H and O–H groups in total. The molecule has 152 valence electrons. The summed E-state index contributed by atoms with van der Waals surface area (Å²) in [6.07, 6.45) is 3.60. The second-order valence-electron chi connectivity index (χ2n) is 7.14. The minimum Gasteiger partial charge on any atom is -0.333 e. The summed E-state index contributed by atoms with van der Waals surface area (Å²) in [6.45, 7) is 6.94. The summed E-state index contributed by atoms with van der Waals surface area (Å²) in [7, 11) is 0. The highest BCUT2D eigenvalue weighted by Gasteiger charge is 2.25. The van der Waals surface area contributed by atoms with Gasteiger partial charge in [0.1, 0.15) is 0 Å². The highest BCUT2D eigenvalue weighted by atomic mass is 35.5. The van der Waals surface area contributed by atoms with Gasteiger partial charge in [-0.1, -0.05) is 25.4 Å². The van der Waals surface area contributed by atoms with E-state index in [0.29, 0.717) is 35.5 Å². The van der Waals surface area contributed by atoms with Gasteiger partial charge in [-0.3, -0.25) is 9.59 Å². The molecule has 1 fully saturated rings. The molecule has 0 saturated carbocycles. The molecule has 1 saturated heterocycles. The van der Waals surface area contributed by atoms with Gasteiger partial charge in [0.05, 0.1) is 6.54 Å². The standard InChI is InChI=1S/C20H30ClN3O2.ClH/c1-3-12-24(14-19(25)23-18-6-4-17(21)5-7-18)20(26)13-15(2)16-8-10-22-11-9-16;/h4-7,15-16,22H,3,8-14H2,1-2H3,(H,23,25);1H. The van der Waals surface area contributed by atoms with Gasteiger partial charge in [0, 0.05) is 23.7 Å². The fourth-order valence-corrected chi connectivity index (χ4v) is 3.58.